The van der Waals surface area contributed by atoms with Crippen LogP contribution in [0.1, 0.15) is 10.6 Å². The molecule has 0 aliphatic rings. The van der Waals surface area contributed by atoms with Gasteiger partial charge in [0.15, 0.2) is 5.76 Å². The Morgan fingerprint density at radius 2 is 1.96 bits per heavy atom. The maximum atomic E-state index is 11.9. The van der Waals surface area contributed by atoms with Crippen LogP contribution >= 0.6 is 11.6 Å². The fourth-order valence-electron chi connectivity index (χ4n) is 2.43. The molecule has 0 saturated carbocycles. The number of H-pyrrole nitrogens is 1. The first kappa shape index (κ1) is 14.5. The fraction of sp³-hybridized carbons (Fsp3) is 0. The van der Waals surface area contributed by atoms with Crippen molar-refractivity contribution in [1.29, 1.82) is 0 Å². The smallest absolute Gasteiger partial charge is 0.291 e. The number of hydrogen-bond donors (Lipinski definition) is 2. The van der Waals surface area contributed by atoms with E-state index in [-0.39, 0.29) is 11.7 Å². The van der Waals surface area contributed by atoms with Gasteiger partial charge in [-0.15, -0.1) is 0 Å². The highest BCUT2D eigenvalue weighted by Gasteiger charge is 2.09. The van der Waals surface area contributed by atoms with Gasteiger partial charge in [-0.25, -0.2) is 4.98 Å². The number of furan rings is 1. The maximum absolute atomic E-state index is 11.9. The molecule has 0 fully saturated rings. The molecule has 2 heterocycles. The molecule has 0 bridgehead atoms. The minimum Gasteiger partial charge on any atom is -0.459 e. The van der Waals surface area contributed by atoms with E-state index < -0.39 is 0 Å². The standard InChI is InChI=1S/C18H12ClN3O2/c19-12-5-8-14-15(10-12)22-17(21-14)11-3-6-13(7-4-11)20-18(23)16-2-1-9-24-16/h1-10H,(H,20,23)(H,21,22). The van der Waals surface area contributed by atoms with E-state index in [4.69, 9.17) is 16.0 Å². The number of nitrogens with one attached hydrogen (secondary N) is 2. The summed E-state index contributed by atoms with van der Waals surface area (Å²) in [7, 11) is 0. The zero-order valence-corrected chi connectivity index (χ0v) is 13.2. The summed E-state index contributed by atoms with van der Waals surface area (Å²) >= 11 is 5.99. The maximum Gasteiger partial charge on any atom is 0.291 e. The Hall–Kier alpha value is -3.05. The number of carbonyl (C=O) groups excluding carboxylic acids is 1. The van der Waals surface area contributed by atoms with Crippen molar-refractivity contribution in [2.75, 3.05) is 5.32 Å². The lowest BCUT2D eigenvalue weighted by atomic mass is 10.2. The Bertz CT molecular complexity index is 1000. The molecule has 0 spiro atoms. The zero-order chi connectivity index (χ0) is 16.5. The van der Waals surface area contributed by atoms with Crippen LogP contribution in [0.5, 0.6) is 0 Å². The van der Waals surface area contributed by atoms with E-state index in [1.54, 1.807) is 12.1 Å². The van der Waals surface area contributed by atoms with Crippen LogP contribution in [0.4, 0.5) is 5.69 Å². The first-order valence-corrected chi connectivity index (χ1v) is 7.67. The summed E-state index contributed by atoms with van der Waals surface area (Å²) in [6.45, 7) is 0. The molecular formula is C18H12ClN3O2. The van der Waals surface area contributed by atoms with Gasteiger partial charge in [-0.3, -0.25) is 4.79 Å². The second kappa shape index (κ2) is 5.86. The van der Waals surface area contributed by atoms with Crippen molar-refractivity contribution in [3.8, 4) is 11.4 Å². The number of aromatic nitrogens is 2. The Morgan fingerprint density at radius 3 is 2.71 bits per heavy atom. The zero-order valence-electron chi connectivity index (χ0n) is 12.4. The van der Waals surface area contributed by atoms with Gasteiger partial charge in [-0.1, -0.05) is 11.6 Å². The van der Waals surface area contributed by atoms with Crippen LogP contribution in [0.2, 0.25) is 5.02 Å². The van der Waals surface area contributed by atoms with Crippen molar-refractivity contribution in [3.05, 3.63) is 71.6 Å². The molecule has 0 aliphatic carbocycles. The van der Waals surface area contributed by atoms with Gasteiger partial charge >= 0.3 is 0 Å². The Balaban J connectivity index is 1.57. The number of imidazole rings is 1. The van der Waals surface area contributed by atoms with E-state index in [0.717, 1.165) is 22.4 Å². The van der Waals surface area contributed by atoms with Crippen molar-refractivity contribution in [1.82, 2.24) is 9.97 Å². The predicted octanol–water partition coefficient (Wildman–Crippen LogP) is 4.73. The SMILES string of the molecule is O=C(Nc1ccc(-c2nc3ccc(Cl)cc3[nH]2)cc1)c1ccco1. The molecule has 2 aromatic carbocycles. The average molecular weight is 338 g/mol. The van der Waals surface area contributed by atoms with Crippen molar-refractivity contribution in [2.24, 2.45) is 0 Å². The number of amides is 1. The van der Waals surface area contributed by atoms with Gasteiger partial charge < -0.3 is 14.7 Å². The minimum absolute atomic E-state index is 0.272. The number of benzene rings is 2. The van der Waals surface area contributed by atoms with Crippen molar-refractivity contribution >= 4 is 34.2 Å². The number of fused-ring (bicyclic) bond motifs is 1. The van der Waals surface area contributed by atoms with E-state index in [9.17, 15) is 4.79 Å². The topological polar surface area (TPSA) is 70.9 Å². The summed E-state index contributed by atoms with van der Waals surface area (Å²) in [6.07, 6.45) is 1.46. The summed E-state index contributed by atoms with van der Waals surface area (Å²) in [5.74, 6) is 0.732. The summed E-state index contributed by atoms with van der Waals surface area (Å²) in [4.78, 5) is 19.7. The highest BCUT2D eigenvalue weighted by molar-refractivity contribution is 6.31. The highest BCUT2D eigenvalue weighted by atomic mass is 35.5. The van der Waals surface area contributed by atoms with E-state index in [2.05, 4.69) is 15.3 Å². The third-order valence-electron chi connectivity index (χ3n) is 3.61. The van der Waals surface area contributed by atoms with Gasteiger partial charge in [0.1, 0.15) is 5.82 Å². The first-order chi connectivity index (χ1) is 11.7. The van der Waals surface area contributed by atoms with Crippen LogP contribution in [-0.2, 0) is 0 Å². The van der Waals surface area contributed by atoms with E-state index >= 15 is 0 Å². The number of aromatic amines is 1. The van der Waals surface area contributed by atoms with Gasteiger partial charge in [0.05, 0.1) is 17.3 Å². The number of nitrogens with zero attached hydrogens (tertiary/aromatic N) is 1. The molecule has 2 N–H and O–H groups in total. The van der Waals surface area contributed by atoms with E-state index in [1.165, 1.54) is 6.26 Å². The van der Waals surface area contributed by atoms with Crippen molar-refractivity contribution < 1.29 is 9.21 Å². The second-order valence-corrected chi connectivity index (χ2v) is 5.69. The lowest BCUT2D eigenvalue weighted by Gasteiger charge is -2.04. The largest absolute Gasteiger partial charge is 0.459 e. The molecule has 118 valence electrons. The molecule has 4 aromatic rings. The molecule has 0 unspecified atom stereocenters. The molecular weight excluding hydrogens is 326 g/mol. The average Bonchev–Trinajstić information content (AvgIpc) is 3.24. The first-order valence-electron chi connectivity index (χ1n) is 7.29. The van der Waals surface area contributed by atoms with Gasteiger partial charge in [0.2, 0.25) is 0 Å². The van der Waals surface area contributed by atoms with Gasteiger partial charge in [-0.05, 0) is 54.6 Å². The lowest BCUT2D eigenvalue weighted by Crippen LogP contribution is -2.10. The Morgan fingerprint density at radius 1 is 1.12 bits per heavy atom. The van der Waals surface area contributed by atoms with Gasteiger partial charge in [0, 0.05) is 16.3 Å². The summed E-state index contributed by atoms with van der Waals surface area (Å²) < 4.78 is 5.07. The molecule has 2 aromatic heterocycles. The van der Waals surface area contributed by atoms with E-state index in [1.807, 2.05) is 42.5 Å². The van der Waals surface area contributed by atoms with Crippen LogP contribution in [0.25, 0.3) is 22.4 Å². The fourth-order valence-corrected chi connectivity index (χ4v) is 2.60. The number of halogens is 1. The Labute approximate surface area is 142 Å². The number of carbonyl (C=O) groups is 1. The lowest BCUT2D eigenvalue weighted by molar-refractivity contribution is 0.0996. The minimum atomic E-state index is -0.286. The molecule has 24 heavy (non-hydrogen) atoms. The summed E-state index contributed by atoms with van der Waals surface area (Å²) in [5, 5.41) is 3.44. The molecule has 4 rings (SSSR count). The third-order valence-corrected chi connectivity index (χ3v) is 3.84. The normalized spacial score (nSPS) is 10.9. The monoisotopic (exact) mass is 337 g/mol. The van der Waals surface area contributed by atoms with Crippen LogP contribution in [0, 0.1) is 0 Å². The molecule has 0 aliphatic heterocycles. The quantitative estimate of drug-likeness (QED) is 0.567. The molecule has 6 heteroatoms. The number of anilines is 1. The Kier molecular flexibility index (Phi) is 3.55. The molecule has 0 atom stereocenters. The van der Waals surface area contributed by atoms with Crippen LogP contribution in [0.3, 0.4) is 0 Å². The summed E-state index contributed by atoms with van der Waals surface area (Å²) in [5.41, 5.74) is 3.33. The molecule has 0 radical (unpaired) electrons. The van der Waals surface area contributed by atoms with E-state index in [0.29, 0.717) is 10.7 Å². The van der Waals surface area contributed by atoms with Crippen LogP contribution in [-0.4, -0.2) is 15.9 Å². The second-order valence-electron chi connectivity index (χ2n) is 5.26. The van der Waals surface area contributed by atoms with Crippen LogP contribution < -0.4 is 5.32 Å². The number of hydrogen-bond acceptors (Lipinski definition) is 3. The van der Waals surface area contributed by atoms with Gasteiger partial charge in [-0.2, -0.15) is 0 Å². The molecule has 0 saturated heterocycles. The molecule has 1 amide bonds. The van der Waals surface area contributed by atoms with Crippen molar-refractivity contribution in [3.63, 3.8) is 0 Å². The van der Waals surface area contributed by atoms with Gasteiger partial charge in [0.25, 0.3) is 5.91 Å². The molecule has 5 nitrogen and oxygen atoms in total. The summed E-state index contributed by atoms with van der Waals surface area (Å²) in [6, 6.07) is 16.2. The third kappa shape index (κ3) is 2.77. The van der Waals surface area contributed by atoms with Crippen molar-refractivity contribution in [2.45, 2.75) is 0 Å². The number of rotatable bonds is 3. The van der Waals surface area contributed by atoms with Crippen LogP contribution in [0.15, 0.2) is 65.3 Å². The predicted molar refractivity (Wildman–Crippen MR) is 93.2 cm³/mol. The highest BCUT2D eigenvalue weighted by Crippen LogP contribution is 2.24.